The van der Waals surface area contributed by atoms with Gasteiger partial charge in [0.1, 0.15) is 0 Å². The van der Waals surface area contributed by atoms with E-state index in [9.17, 15) is 18.0 Å². The van der Waals surface area contributed by atoms with Crippen LogP contribution in [0.25, 0.3) is 0 Å². The molecule has 20 heavy (non-hydrogen) atoms. The lowest BCUT2D eigenvalue weighted by Gasteiger charge is -2.17. The first-order valence-electron chi connectivity index (χ1n) is 6.52. The van der Waals surface area contributed by atoms with Crippen LogP contribution in [0.5, 0.6) is 0 Å². The lowest BCUT2D eigenvalue weighted by Crippen LogP contribution is -2.23. The van der Waals surface area contributed by atoms with E-state index >= 15 is 0 Å². The highest BCUT2D eigenvalue weighted by atomic mass is 79.9. The number of carbonyl (C=O) groups excluding carboxylic acids is 1. The van der Waals surface area contributed by atoms with E-state index in [4.69, 9.17) is 0 Å². The number of carbonyl (C=O) groups is 1. The Balaban J connectivity index is 1.78. The summed E-state index contributed by atoms with van der Waals surface area (Å²) < 4.78 is 39.2. The van der Waals surface area contributed by atoms with Gasteiger partial charge in [-0.05, 0) is 49.3 Å². The van der Waals surface area contributed by atoms with Gasteiger partial charge < -0.3 is 5.32 Å². The molecule has 0 bridgehead atoms. The predicted octanol–water partition coefficient (Wildman–Crippen LogP) is 4.45. The number of hydrogen-bond donors (Lipinski definition) is 1. The van der Waals surface area contributed by atoms with Gasteiger partial charge in [-0.2, -0.15) is 13.2 Å². The quantitative estimate of drug-likeness (QED) is 0.841. The van der Waals surface area contributed by atoms with Gasteiger partial charge in [0, 0.05) is 10.4 Å². The molecule has 1 aromatic carbocycles. The van der Waals surface area contributed by atoms with E-state index in [2.05, 4.69) is 21.2 Å². The summed E-state index contributed by atoms with van der Waals surface area (Å²) in [4.78, 5) is 12.1. The van der Waals surface area contributed by atoms with Crippen molar-refractivity contribution in [2.75, 3.05) is 5.32 Å². The van der Waals surface area contributed by atoms with Crippen LogP contribution in [0, 0.1) is 17.8 Å². The summed E-state index contributed by atoms with van der Waals surface area (Å²) in [5.41, 5.74) is -0.977. The van der Waals surface area contributed by atoms with E-state index in [1.807, 2.05) is 0 Å². The maximum Gasteiger partial charge on any atom is 0.418 e. The SMILES string of the molecule is O=C(Nc1ccc(Br)cc1C(F)(F)F)C1CC2CC2C1. The minimum absolute atomic E-state index is 0.136. The molecular formula is C14H13BrF3NO. The zero-order chi connectivity index (χ0) is 14.5. The number of anilines is 1. The fourth-order valence-electron chi connectivity index (χ4n) is 3.02. The number of rotatable bonds is 2. The highest BCUT2D eigenvalue weighted by molar-refractivity contribution is 9.10. The number of hydrogen-bond acceptors (Lipinski definition) is 1. The first-order valence-corrected chi connectivity index (χ1v) is 7.31. The van der Waals surface area contributed by atoms with E-state index < -0.39 is 11.7 Å². The summed E-state index contributed by atoms with van der Waals surface area (Å²) in [6.07, 6.45) is -1.68. The topological polar surface area (TPSA) is 29.1 Å². The second-order valence-corrected chi connectivity index (χ2v) is 6.52. The van der Waals surface area contributed by atoms with Crippen molar-refractivity contribution < 1.29 is 18.0 Å². The monoisotopic (exact) mass is 347 g/mol. The normalized spacial score (nSPS) is 28.1. The zero-order valence-electron chi connectivity index (χ0n) is 10.5. The number of halogens is 4. The van der Waals surface area contributed by atoms with E-state index in [1.165, 1.54) is 18.6 Å². The van der Waals surface area contributed by atoms with Crippen molar-refractivity contribution in [1.82, 2.24) is 0 Å². The highest BCUT2D eigenvalue weighted by Gasteiger charge is 2.48. The standard InChI is InChI=1S/C14H13BrF3NO/c15-10-1-2-12(11(6-10)14(16,17)18)19-13(20)9-4-7-3-8(7)5-9/h1-2,6-9H,3-5H2,(H,19,20). The van der Waals surface area contributed by atoms with Crippen LogP contribution in [0.1, 0.15) is 24.8 Å². The van der Waals surface area contributed by atoms with Gasteiger partial charge in [0.05, 0.1) is 11.3 Å². The predicted molar refractivity (Wildman–Crippen MR) is 72.1 cm³/mol. The van der Waals surface area contributed by atoms with Gasteiger partial charge in [0.15, 0.2) is 0 Å². The van der Waals surface area contributed by atoms with Gasteiger partial charge in [-0.3, -0.25) is 4.79 Å². The molecule has 6 heteroatoms. The molecule has 1 amide bonds. The van der Waals surface area contributed by atoms with Crippen LogP contribution < -0.4 is 5.32 Å². The number of benzene rings is 1. The Morgan fingerprint density at radius 3 is 2.45 bits per heavy atom. The van der Waals surface area contributed by atoms with Gasteiger partial charge in [0.2, 0.25) is 5.91 Å². The molecular weight excluding hydrogens is 335 g/mol. The molecule has 2 unspecified atom stereocenters. The first kappa shape index (κ1) is 13.9. The van der Waals surface area contributed by atoms with Gasteiger partial charge in [-0.15, -0.1) is 0 Å². The van der Waals surface area contributed by atoms with Crippen LogP contribution in [0.3, 0.4) is 0 Å². The Labute approximate surface area is 122 Å². The molecule has 3 rings (SSSR count). The van der Waals surface area contributed by atoms with Crippen LogP contribution in [0.2, 0.25) is 0 Å². The van der Waals surface area contributed by atoms with Gasteiger partial charge in [-0.25, -0.2) is 0 Å². The van der Waals surface area contributed by atoms with Crippen molar-refractivity contribution >= 4 is 27.5 Å². The largest absolute Gasteiger partial charge is 0.418 e. The molecule has 2 atom stereocenters. The molecule has 2 aliphatic rings. The molecule has 0 radical (unpaired) electrons. The molecule has 1 aromatic rings. The summed E-state index contributed by atoms with van der Waals surface area (Å²) in [7, 11) is 0. The van der Waals surface area contributed by atoms with Crippen LogP contribution in [-0.4, -0.2) is 5.91 Å². The number of alkyl halides is 3. The highest BCUT2D eigenvalue weighted by Crippen LogP contribution is 2.54. The van der Waals surface area contributed by atoms with Crippen molar-refractivity contribution in [1.29, 1.82) is 0 Å². The van der Waals surface area contributed by atoms with Crippen molar-refractivity contribution in [2.24, 2.45) is 17.8 Å². The summed E-state index contributed by atoms with van der Waals surface area (Å²) in [5.74, 6) is 0.823. The molecule has 0 spiro atoms. The Hall–Kier alpha value is -1.04. The fourth-order valence-corrected chi connectivity index (χ4v) is 3.38. The van der Waals surface area contributed by atoms with Crippen molar-refractivity contribution in [2.45, 2.75) is 25.4 Å². The van der Waals surface area contributed by atoms with Crippen molar-refractivity contribution in [3.8, 4) is 0 Å². The van der Waals surface area contributed by atoms with Crippen molar-refractivity contribution in [3.05, 3.63) is 28.2 Å². The molecule has 0 aromatic heterocycles. The third-order valence-corrected chi connectivity index (χ3v) is 4.65. The second kappa shape index (κ2) is 4.76. The summed E-state index contributed by atoms with van der Waals surface area (Å²) in [6, 6.07) is 3.78. The van der Waals surface area contributed by atoms with Crippen LogP contribution in [0.15, 0.2) is 22.7 Å². The fraction of sp³-hybridized carbons (Fsp3) is 0.500. The molecule has 2 nitrogen and oxygen atoms in total. The molecule has 0 aliphatic heterocycles. The lowest BCUT2D eigenvalue weighted by molar-refractivity contribution is -0.137. The number of amides is 1. The summed E-state index contributed by atoms with van der Waals surface area (Å²) in [6.45, 7) is 0. The summed E-state index contributed by atoms with van der Waals surface area (Å²) in [5, 5.41) is 2.45. The van der Waals surface area contributed by atoms with Crippen LogP contribution >= 0.6 is 15.9 Å². The second-order valence-electron chi connectivity index (χ2n) is 5.60. The molecule has 1 N–H and O–H groups in total. The van der Waals surface area contributed by atoms with E-state index in [0.29, 0.717) is 16.3 Å². The zero-order valence-corrected chi connectivity index (χ0v) is 12.1. The smallest absolute Gasteiger partial charge is 0.325 e. The lowest BCUT2D eigenvalue weighted by atomic mass is 10.0. The Morgan fingerprint density at radius 1 is 1.20 bits per heavy atom. The Morgan fingerprint density at radius 2 is 1.85 bits per heavy atom. The average Bonchev–Trinajstić information content (AvgIpc) is 2.97. The first-order chi connectivity index (χ1) is 9.34. The molecule has 0 saturated heterocycles. The molecule has 2 fully saturated rings. The minimum atomic E-state index is -4.48. The van der Waals surface area contributed by atoms with Gasteiger partial charge in [0.25, 0.3) is 0 Å². The van der Waals surface area contributed by atoms with E-state index in [1.54, 1.807) is 0 Å². The maximum absolute atomic E-state index is 13.0. The molecule has 2 aliphatic carbocycles. The number of fused-ring (bicyclic) bond motifs is 1. The molecule has 2 saturated carbocycles. The Kier molecular flexibility index (Phi) is 3.31. The van der Waals surface area contributed by atoms with Gasteiger partial charge >= 0.3 is 6.18 Å². The van der Waals surface area contributed by atoms with Crippen molar-refractivity contribution in [3.63, 3.8) is 0 Å². The average molecular weight is 348 g/mol. The maximum atomic E-state index is 13.0. The van der Waals surface area contributed by atoms with Gasteiger partial charge in [-0.1, -0.05) is 15.9 Å². The van der Waals surface area contributed by atoms with Crippen LogP contribution in [-0.2, 0) is 11.0 Å². The summed E-state index contributed by atoms with van der Waals surface area (Å²) >= 11 is 3.02. The Bertz CT molecular complexity index is 548. The van der Waals surface area contributed by atoms with Crippen LogP contribution in [0.4, 0.5) is 18.9 Å². The molecule has 108 valence electrons. The third-order valence-electron chi connectivity index (χ3n) is 4.16. The van der Waals surface area contributed by atoms with E-state index in [-0.39, 0.29) is 17.5 Å². The number of nitrogens with one attached hydrogen (secondary N) is 1. The molecule has 0 heterocycles. The third kappa shape index (κ3) is 2.71. The minimum Gasteiger partial charge on any atom is -0.325 e. The van der Waals surface area contributed by atoms with E-state index in [0.717, 1.165) is 18.9 Å².